The number of carbonyl (C=O) groups is 1. The average Bonchev–Trinajstić information content (AvgIpc) is 2.27. The minimum absolute atomic E-state index is 0.0164. The van der Waals surface area contributed by atoms with Crippen LogP contribution >= 0.6 is 0 Å². The highest BCUT2D eigenvalue weighted by Gasteiger charge is 2.18. The van der Waals surface area contributed by atoms with Gasteiger partial charge in [-0.15, -0.1) is 0 Å². The van der Waals surface area contributed by atoms with Gasteiger partial charge in [-0.3, -0.25) is 4.79 Å². The van der Waals surface area contributed by atoms with Gasteiger partial charge in [0, 0.05) is 6.04 Å². The summed E-state index contributed by atoms with van der Waals surface area (Å²) in [5, 5.41) is 12.7. The average molecular weight is 250 g/mol. The van der Waals surface area contributed by atoms with E-state index in [0.29, 0.717) is 18.0 Å². The third kappa shape index (κ3) is 3.74. The van der Waals surface area contributed by atoms with Crippen LogP contribution in [0.4, 0.5) is 0 Å². The van der Waals surface area contributed by atoms with Gasteiger partial charge >= 0.3 is 0 Å². The molecule has 0 radical (unpaired) electrons. The molecule has 0 heterocycles. The van der Waals surface area contributed by atoms with Gasteiger partial charge in [-0.25, -0.2) is 0 Å². The van der Waals surface area contributed by atoms with Crippen molar-refractivity contribution in [3.8, 4) is 5.75 Å². The van der Waals surface area contributed by atoms with Gasteiger partial charge in [0.15, 0.2) is 0 Å². The first-order valence-electron chi connectivity index (χ1n) is 6.26. The van der Waals surface area contributed by atoms with Gasteiger partial charge in [0.25, 0.3) is 5.91 Å². The topological polar surface area (TPSA) is 75.4 Å². The number of phenolic OH excluding ortho intramolecular Hbond substituents is 1. The van der Waals surface area contributed by atoms with Crippen molar-refractivity contribution in [2.24, 2.45) is 11.7 Å². The molecule has 0 saturated heterocycles. The highest BCUT2D eigenvalue weighted by Crippen LogP contribution is 2.19. The monoisotopic (exact) mass is 250 g/mol. The summed E-state index contributed by atoms with van der Waals surface area (Å²) in [5.74, 6) is 0.0764. The van der Waals surface area contributed by atoms with Crippen LogP contribution in [-0.2, 0) is 0 Å². The van der Waals surface area contributed by atoms with Crippen LogP contribution in [0.5, 0.6) is 5.75 Å². The molecule has 1 aromatic rings. The number of hydrogen-bond donors (Lipinski definition) is 3. The number of aromatic hydroxyl groups is 1. The molecule has 18 heavy (non-hydrogen) atoms. The van der Waals surface area contributed by atoms with E-state index in [-0.39, 0.29) is 17.7 Å². The Morgan fingerprint density at radius 1 is 1.44 bits per heavy atom. The van der Waals surface area contributed by atoms with Gasteiger partial charge in [0.1, 0.15) is 5.75 Å². The van der Waals surface area contributed by atoms with E-state index in [1.807, 2.05) is 26.8 Å². The molecule has 0 spiro atoms. The number of rotatable bonds is 5. The zero-order valence-corrected chi connectivity index (χ0v) is 11.2. The first kappa shape index (κ1) is 14.5. The molecule has 0 aliphatic heterocycles. The molecule has 0 aliphatic rings. The quantitative estimate of drug-likeness (QED) is 0.746. The van der Waals surface area contributed by atoms with Crippen molar-refractivity contribution in [2.45, 2.75) is 33.2 Å². The standard InChI is InChI=1S/C14H22N2O2/c1-9(2)12(6-7-15)16-14(18)11-5-4-10(3)8-13(11)17/h4-5,8-9,12,17H,6-7,15H2,1-3H3,(H,16,18). The number of aryl methyl sites for hydroxylation is 1. The number of benzene rings is 1. The second-order valence-corrected chi connectivity index (χ2v) is 4.92. The smallest absolute Gasteiger partial charge is 0.255 e. The van der Waals surface area contributed by atoms with Crippen molar-refractivity contribution in [1.29, 1.82) is 0 Å². The number of phenols is 1. The summed E-state index contributed by atoms with van der Waals surface area (Å²) >= 11 is 0. The minimum atomic E-state index is -0.250. The predicted octanol–water partition coefficient (Wildman–Crippen LogP) is 1.80. The van der Waals surface area contributed by atoms with Crippen LogP contribution in [0.3, 0.4) is 0 Å². The van der Waals surface area contributed by atoms with Gasteiger partial charge in [0.2, 0.25) is 0 Å². The van der Waals surface area contributed by atoms with Gasteiger partial charge in [-0.05, 0) is 43.5 Å². The van der Waals surface area contributed by atoms with Crippen molar-refractivity contribution >= 4 is 5.91 Å². The summed E-state index contributed by atoms with van der Waals surface area (Å²) < 4.78 is 0. The van der Waals surface area contributed by atoms with Crippen molar-refractivity contribution in [3.63, 3.8) is 0 Å². The Morgan fingerprint density at radius 2 is 2.11 bits per heavy atom. The molecule has 4 heteroatoms. The molecule has 1 aromatic carbocycles. The van der Waals surface area contributed by atoms with E-state index in [9.17, 15) is 9.90 Å². The lowest BCUT2D eigenvalue weighted by molar-refractivity contribution is 0.0921. The molecule has 100 valence electrons. The molecule has 1 unspecified atom stereocenters. The molecule has 1 atom stereocenters. The first-order chi connectivity index (χ1) is 8.45. The Kier molecular flexibility index (Phi) is 5.16. The summed E-state index contributed by atoms with van der Waals surface area (Å²) in [6, 6.07) is 5.06. The maximum absolute atomic E-state index is 12.1. The maximum atomic E-state index is 12.1. The lowest BCUT2D eigenvalue weighted by Crippen LogP contribution is -2.39. The third-order valence-corrected chi connectivity index (χ3v) is 3.00. The van der Waals surface area contributed by atoms with Crippen LogP contribution < -0.4 is 11.1 Å². The summed E-state index contributed by atoms with van der Waals surface area (Å²) in [4.78, 5) is 12.1. The van der Waals surface area contributed by atoms with E-state index in [1.54, 1.807) is 12.1 Å². The Bertz CT molecular complexity index is 416. The molecular formula is C14H22N2O2. The highest BCUT2D eigenvalue weighted by atomic mass is 16.3. The van der Waals surface area contributed by atoms with Crippen molar-refractivity contribution in [1.82, 2.24) is 5.32 Å². The largest absolute Gasteiger partial charge is 0.507 e. The minimum Gasteiger partial charge on any atom is -0.507 e. The Morgan fingerprint density at radius 3 is 2.61 bits per heavy atom. The molecule has 4 nitrogen and oxygen atoms in total. The highest BCUT2D eigenvalue weighted by molar-refractivity contribution is 5.97. The van der Waals surface area contributed by atoms with Crippen molar-refractivity contribution < 1.29 is 9.90 Å². The van der Waals surface area contributed by atoms with E-state index >= 15 is 0 Å². The fourth-order valence-corrected chi connectivity index (χ4v) is 1.83. The molecule has 0 aliphatic carbocycles. The fourth-order valence-electron chi connectivity index (χ4n) is 1.83. The molecule has 0 fully saturated rings. The van der Waals surface area contributed by atoms with Crippen LogP contribution in [0.15, 0.2) is 18.2 Å². The Hall–Kier alpha value is -1.55. The van der Waals surface area contributed by atoms with E-state index < -0.39 is 0 Å². The number of hydrogen-bond acceptors (Lipinski definition) is 3. The Balaban J connectivity index is 2.80. The van der Waals surface area contributed by atoms with Crippen LogP contribution in [0, 0.1) is 12.8 Å². The van der Waals surface area contributed by atoms with E-state index in [0.717, 1.165) is 12.0 Å². The number of nitrogens with two attached hydrogens (primary N) is 1. The van der Waals surface area contributed by atoms with Gasteiger partial charge in [-0.2, -0.15) is 0 Å². The second kappa shape index (κ2) is 6.40. The molecular weight excluding hydrogens is 228 g/mol. The molecule has 0 saturated carbocycles. The van der Waals surface area contributed by atoms with Crippen LogP contribution in [0.1, 0.15) is 36.2 Å². The zero-order chi connectivity index (χ0) is 13.7. The lowest BCUT2D eigenvalue weighted by atomic mass is 10.00. The van der Waals surface area contributed by atoms with E-state index in [2.05, 4.69) is 5.32 Å². The molecule has 1 amide bonds. The van der Waals surface area contributed by atoms with E-state index in [4.69, 9.17) is 5.73 Å². The van der Waals surface area contributed by atoms with Crippen LogP contribution in [-0.4, -0.2) is 23.6 Å². The zero-order valence-electron chi connectivity index (χ0n) is 11.2. The normalized spacial score (nSPS) is 12.5. The lowest BCUT2D eigenvalue weighted by Gasteiger charge is -2.22. The molecule has 1 rings (SSSR count). The van der Waals surface area contributed by atoms with Gasteiger partial charge < -0.3 is 16.2 Å². The molecule has 4 N–H and O–H groups in total. The van der Waals surface area contributed by atoms with Crippen molar-refractivity contribution in [3.05, 3.63) is 29.3 Å². The summed E-state index contributed by atoms with van der Waals surface area (Å²) in [6.07, 6.45) is 0.732. The maximum Gasteiger partial charge on any atom is 0.255 e. The molecule has 0 aromatic heterocycles. The summed E-state index contributed by atoms with van der Waals surface area (Å²) in [7, 11) is 0. The van der Waals surface area contributed by atoms with Crippen LogP contribution in [0.2, 0.25) is 0 Å². The summed E-state index contributed by atoms with van der Waals surface area (Å²) in [6.45, 7) is 6.47. The van der Waals surface area contributed by atoms with E-state index in [1.165, 1.54) is 0 Å². The van der Waals surface area contributed by atoms with Crippen molar-refractivity contribution in [2.75, 3.05) is 6.54 Å². The Labute approximate surface area is 108 Å². The fraction of sp³-hybridized carbons (Fsp3) is 0.500. The molecule has 0 bridgehead atoms. The van der Waals surface area contributed by atoms with Gasteiger partial charge in [0.05, 0.1) is 5.56 Å². The first-order valence-corrected chi connectivity index (χ1v) is 6.26. The van der Waals surface area contributed by atoms with Gasteiger partial charge in [-0.1, -0.05) is 19.9 Å². The third-order valence-electron chi connectivity index (χ3n) is 3.00. The SMILES string of the molecule is Cc1ccc(C(=O)NC(CCN)C(C)C)c(O)c1. The summed E-state index contributed by atoms with van der Waals surface area (Å²) in [5.41, 5.74) is 6.76. The second-order valence-electron chi connectivity index (χ2n) is 4.92. The predicted molar refractivity (Wildman–Crippen MR) is 72.6 cm³/mol. The van der Waals surface area contributed by atoms with Crippen LogP contribution in [0.25, 0.3) is 0 Å². The number of amides is 1. The number of nitrogens with one attached hydrogen (secondary N) is 1. The number of carbonyl (C=O) groups excluding carboxylic acids is 1.